The first kappa shape index (κ1) is 10.9. The Hall–Kier alpha value is -0.610. The molecule has 0 amide bonds. The fourth-order valence-electron chi connectivity index (χ4n) is 2.15. The smallest absolute Gasteiger partial charge is 0.185 e. The summed E-state index contributed by atoms with van der Waals surface area (Å²) in [4.78, 5) is 6.84. The van der Waals surface area contributed by atoms with Gasteiger partial charge in [0.25, 0.3) is 0 Å². The number of rotatable bonds is 2. The van der Waals surface area contributed by atoms with Crippen LogP contribution in [0, 0.1) is 6.92 Å². The molecule has 0 atom stereocenters. The molecule has 84 valence electrons. The number of nitrogens with two attached hydrogens (primary N) is 1. The summed E-state index contributed by atoms with van der Waals surface area (Å²) in [7, 11) is 2.15. The molecule has 0 aromatic carbocycles. The van der Waals surface area contributed by atoms with Crippen molar-refractivity contribution in [2.75, 3.05) is 11.9 Å². The van der Waals surface area contributed by atoms with Gasteiger partial charge >= 0.3 is 0 Å². The summed E-state index contributed by atoms with van der Waals surface area (Å²) in [6, 6.07) is 1.06. The molecule has 2 N–H and O–H groups in total. The molecule has 2 rings (SSSR count). The lowest BCUT2D eigenvalue weighted by Crippen LogP contribution is -2.38. The molecule has 3 nitrogen and oxygen atoms in total. The zero-order valence-corrected chi connectivity index (χ0v) is 10.3. The molecule has 0 bridgehead atoms. The van der Waals surface area contributed by atoms with Crippen molar-refractivity contribution in [1.29, 1.82) is 0 Å². The van der Waals surface area contributed by atoms with Gasteiger partial charge in [0.1, 0.15) is 0 Å². The highest BCUT2D eigenvalue weighted by Gasteiger charge is 2.23. The molecule has 1 aromatic heterocycles. The second-order valence-corrected chi connectivity index (χ2v) is 5.29. The third-order valence-electron chi connectivity index (χ3n) is 3.20. The standard InChI is InChI=1S/C11H19N3S/c1-8-7-15-11(13-8)14(2)10-5-3-9(12)4-6-10/h7,9-10H,3-6,12H2,1-2H3. The highest BCUT2D eigenvalue weighted by atomic mass is 32.1. The number of hydrogen-bond donors (Lipinski definition) is 1. The maximum atomic E-state index is 5.91. The highest BCUT2D eigenvalue weighted by Crippen LogP contribution is 2.27. The molecular weight excluding hydrogens is 206 g/mol. The number of aryl methyl sites for hydroxylation is 1. The molecule has 1 aliphatic carbocycles. The molecule has 0 saturated heterocycles. The topological polar surface area (TPSA) is 42.1 Å². The van der Waals surface area contributed by atoms with Crippen molar-refractivity contribution in [2.24, 2.45) is 5.73 Å². The fraction of sp³-hybridized carbons (Fsp3) is 0.727. The maximum Gasteiger partial charge on any atom is 0.185 e. The minimum absolute atomic E-state index is 0.424. The quantitative estimate of drug-likeness (QED) is 0.838. The van der Waals surface area contributed by atoms with Crippen molar-refractivity contribution < 1.29 is 0 Å². The van der Waals surface area contributed by atoms with Crippen LogP contribution < -0.4 is 10.6 Å². The summed E-state index contributed by atoms with van der Waals surface area (Å²) < 4.78 is 0. The van der Waals surface area contributed by atoms with Crippen LogP contribution in [0.1, 0.15) is 31.4 Å². The normalized spacial score (nSPS) is 26.6. The van der Waals surface area contributed by atoms with E-state index in [1.807, 2.05) is 6.92 Å². The summed E-state index contributed by atoms with van der Waals surface area (Å²) >= 11 is 1.74. The number of anilines is 1. The summed E-state index contributed by atoms with van der Waals surface area (Å²) in [5, 5.41) is 3.26. The van der Waals surface area contributed by atoms with E-state index in [0.29, 0.717) is 12.1 Å². The van der Waals surface area contributed by atoms with E-state index in [4.69, 9.17) is 5.73 Å². The van der Waals surface area contributed by atoms with E-state index in [2.05, 4.69) is 22.3 Å². The molecule has 0 spiro atoms. The van der Waals surface area contributed by atoms with Crippen molar-refractivity contribution >= 4 is 16.5 Å². The van der Waals surface area contributed by atoms with E-state index in [-0.39, 0.29) is 0 Å². The van der Waals surface area contributed by atoms with Crippen LogP contribution in [0.2, 0.25) is 0 Å². The molecule has 1 heterocycles. The lowest BCUT2D eigenvalue weighted by Gasteiger charge is -2.33. The Balaban J connectivity index is 1.99. The molecule has 15 heavy (non-hydrogen) atoms. The molecule has 1 aliphatic rings. The van der Waals surface area contributed by atoms with Gasteiger partial charge in [-0.15, -0.1) is 11.3 Å². The fourth-order valence-corrected chi connectivity index (χ4v) is 2.99. The van der Waals surface area contributed by atoms with Gasteiger partial charge in [-0.05, 0) is 32.6 Å². The molecule has 1 saturated carbocycles. The van der Waals surface area contributed by atoms with Crippen LogP contribution in [-0.2, 0) is 0 Å². The summed E-state index contributed by atoms with van der Waals surface area (Å²) in [6.07, 6.45) is 4.71. The van der Waals surface area contributed by atoms with Crippen molar-refractivity contribution in [3.63, 3.8) is 0 Å². The summed E-state index contributed by atoms with van der Waals surface area (Å²) in [5.74, 6) is 0. The first-order valence-corrected chi connectivity index (χ1v) is 6.45. The molecule has 0 aliphatic heterocycles. The Morgan fingerprint density at radius 1 is 1.40 bits per heavy atom. The predicted molar refractivity (Wildman–Crippen MR) is 65.5 cm³/mol. The SMILES string of the molecule is Cc1csc(N(C)C2CCC(N)CC2)n1. The number of nitrogens with zero attached hydrogens (tertiary/aromatic N) is 2. The minimum Gasteiger partial charge on any atom is -0.348 e. The van der Waals surface area contributed by atoms with Crippen LogP contribution >= 0.6 is 11.3 Å². The molecule has 1 fully saturated rings. The second-order valence-electron chi connectivity index (χ2n) is 4.45. The monoisotopic (exact) mass is 225 g/mol. The van der Waals surface area contributed by atoms with E-state index < -0.39 is 0 Å². The zero-order chi connectivity index (χ0) is 10.8. The van der Waals surface area contributed by atoms with Crippen LogP contribution in [0.3, 0.4) is 0 Å². The van der Waals surface area contributed by atoms with Gasteiger partial charge < -0.3 is 10.6 Å². The molecular formula is C11H19N3S. The second kappa shape index (κ2) is 4.49. The van der Waals surface area contributed by atoms with Crippen molar-refractivity contribution in [3.8, 4) is 0 Å². The van der Waals surface area contributed by atoms with E-state index in [9.17, 15) is 0 Å². The number of aromatic nitrogens is 1. The average molecular weight is 225 g/mol. The van der Waals surface area contributed by atoms with Crippen LogP contribution in [-0.4, -0.2) is 24.1 Å². The van der Waals surface area contributed by atoms with Gasteiger partial charge in [0.05, 0.1) is 5.69 Å². The van der Waals surface area contributed by atoms with Crippen LogP contribution in [0.15, 0.2) is 5.38 Å². The molecule has 4 heteroatoms. The van der Waals surface area contributed by atoms with Gasteiger partial charge in [-0.2, -0.15) is 0 Å². The Kier molecular flexibility index (Phi) is 3.26. The average Bonchev–Trinajstić information content (AvgIpc) is 2.65. The van der Waals surface area contributed by atoms with Gasteiger partial charge in [-0.25, -0.2) is 4.98 Å². The zero-order valence-electron chi connectivity index (χ0n) is 9.44. The minimum atomic E-state index is 0.424. The van der Waals surface area contributed by atoms with Gasteiger partial charge in [-0.1, -0.05) is 0 Å². The molecule has 1 aromatic rings. The van der Waals surface area contributed by atoms with E-state index in [0.717, 1.165) is 23.7 Å². The van der Waals surface area contributed by atoms with Crippen molar-refractivity contribution in [1.82, 2.24) is 4.98 Å². The predicted octanol–water partition coefficient (Wildman–Crippen LogP) is 2.16. The highest BCUT2D eigenvalue weighted by molar-refractivity contribution is 7.13. The lowest BCUT2D eigenvalue weighted by atomic mass is 9.91. The van der Waals surface area contributed by atoms with Crippen molar-refractivity contribution in [3.05, 3.63) is 11.1 Å². The van der Waals surface area contributed by atoms with E-state index in [1.54, 1.807) is 11.3 Å². The summed E-state index contributed by atoms with van der Waals surface area (Å²) in [5.41, 5.74) is 7.03. The van der Waals surface area contributed by atoms with Crippen molar-refractivity contribution in [2.45, 2.75) is 44.7 Å². The Labute approximate surface area is 95.3 Å². The third kappa shape index (κ3) is 2.49. The number of thiazole rings is 1. The van der Waals surface area contributed by atoms with Crippen LogP contribution in [0.5, 0.6) is 0 Å². The maximum absolute atomic E-state index is 5.91. The van der Waals surface area contributed by atoms with Crippen LogP contribution in [0.25, 0.3) is 0 Å². The lowest BCUT2D eigenvalue weighted by molar-refractivity contribution is 0.385. The molecule has 0 unspecified atom stereocenters. The van der Waals surface area contributed by atoms with E-state index >= 15 is 0 Å². The first-order chi connectivity index (χ1) is 7.16. The first-order valence-electron chi connectivity index (χ1n) is 5.57. The van der Waals surface area contributed by atoms with Gasteiger partial charge in [0, 0.05) is 24.5 Å². The van der Waals surface area contributed by atoms with E-state index in [1.165, 1.54) is 12.8 Å². The largest absolute Gasteiger partial charge is 0.348 e. The van der Waals surface area contributed by atoms with Gasteiger partial charge in [0.2, 0.25) is 0 Å². The molecule has 0 radical (unpaired) electrons. The Morgan fingerprint density at radius 2 is 2.07 bits per heavy atom. The number of hydrogen-bond acceptors (Lipinski definition) is 4. The Bertz CT molecular complexity index is 315. The van der Waals surface area contributed by atoms with Gasteiger partial charge in [0.15, 0.2) is 5.13 Å². The Morgan fingerprint density at radius 3 is 2.60 bits per heavy atom. The third-order valence-corrected chi connectivity index (χ3v) is 4.25. The summed E-state index contributed by atoms with van der Waals surface area (Å²) in [6.45, 7) is 2.05. The van der Waals surface area contributed by atoms with Crippen LogP contribution in [0.4, 0.5) is 5.13 Å². The van der Waals surface area contributed by atoms with Gasteiger partial charge in [-0.3, -0.25) is 0 Å².